The normalized spacial score (nSPS) is 10.9. The number of rotatable bonds is 7. The molecule has 2 N–H and O–H groups in total. The smallest absolute Gasteiger partial charge is 0.291 e. The van der Waals surface area contributed by atoms with Gasteiger partial charge in [0.05, 0.1) is 11.2 Å². The van der Waals surface area contributed by atoms with Gasteiger partial charge in [0.1, 0.15) is 5.70 Å². The van der Waals surface area contributed by atoms with Crippen molar-refractivity contribution in [3.05, 3.63) is 99.6 Å². The molecule has 0 bridgehead atoms. The molecule has 9 heteroatoms. The lowest BCUT2D eigenvalue weighted by atomic mass is 10.1. The molecule has 0 saturated heterocycles. The predicted molar refractivity (Wildman–Crippen MR) is 112 cm³/mol. The second-order valence-electron chi connectivity index (χ2n) is 6.43. The number of carbonyl (C=O) groups excluding carboxylic acids is 3. The van der Waals surface area contributed by atoms with Crippen molar-refractivity contribution in [3.8, 4) is 0 Å². The minimum Gasteiger partial charge on any atom is -0.459 e. The lowest BCUT2D eigenvalue weighted by Crippen LogP contribution is -2.30. The molecule has 2 aromatic carbocycles. The van der Waals surface area contributed by atoms with Crippen LogP contribution in [0.15, 0.2) is 77.0 Å². The molecule has 1 heterocycles. The van der Waals surface area contributed by atoms with Crippen LogP contribution in [-0.4, -0.2) is 22.5 Å². The maximum absolute atomic E-state index is 12.8. The molecule has 0 unspecified atom stereocenters. The van der Waals surface area contributed by atoms with Gasteiger partial charge < -0.3 is 15.1 Å². The summed E-state index contributed by atoms with van der Waals surface area (Å²) in [6.07, 6.45) is 2.70. The number of Topliss-reactive ketones (excluding diaryl/α,β-unsaturated/α-hetero) is 1. The van der Waals surface area contributed by atoms with E-state index in [1.54, 1.807) is 24.3 Å². The summed E-state index contributed by atoms with van der Waals surface area (Å²) in [5.41, 5.74) is 1.16. The molecular formula is C22H17N3O6. The highest BCUT2D eigenvalue weighted by Crippen LogP contribution is 2.16. The van der Waals surface area contributed by atoms with E-state index in [-0.39, 0.29) is 22.9 Å². The number of anilines is 1. The molecule has 2 amide bonds. The van der Waals surface area contributed by atoms with E-state index in [2.05, 4.69) is 10.6 Å². The monoisotopic (exact) mass is 419 g/mol. The van der Waals surface area contributed by atoms with Gasteiger partial charge in [-0.3, -0.25) is 24.5 Å². The van der Waals surface area contributed by atoms with Crippen molar-refractivity contribution in [2.24, 2.45) is 0 Å². The number of hydrogen-bond acceptors (Lipinski definition) is 6. The Labute approximate surface area is 176 Å². The molecule has 31 heavy (non-hydrogen) atoms. The van der Waals surface area contributed by atoms with Gasteiger partial charge in [-0.15, -0.1) is 0 Å². The minimum absolute atomic E-state index is 0.00760. The lowest BCUT2D eigenvalue weighted by molar-refractivity contribution is -0.384. The Morgan fingerprint density at radius 2 is 1.68 bits per heavy atom. The molecule has 0 spiro atoms. The largest absolute Gasteiger partial charge is 0.459 e. The minimum atomic E-state index is -0.639. The van der Waals surface area contributed by atoms with E-state index < -0.39 is 16.7 Å². The number of nitro benzene ring substituents is 1. The number of non-ortho nitro benzene ring substituents is 1. The van der Waals surface area contributed by atoms with Gasteiger partial charge in [-0.1, -0.05) is 0 Å². The second-order valence-corrected chi connectivity index (χ2v) is 6.43. The molecule has 0 saturated carbocycles. The SMILES string of the molecule is CC(=O)c1ccc(NC(=O)/C(=C\c2ccc([N+](=O)[O-])cc2)NC(=O)c2ccco2)cc1. The molecule has 3 aromatic rings. The van der Waals surface area contributed by atoms with Crippen molar-refractivity contribution in [3.63, 3.8) is 0 Å². The fraction of sp³-hybridized carbons (Fsp3) is 0.0455. The fourth-order valence-electron chi connectivity index (χ4n) is 2.60. The maximum Gasteiger partial charge on any atom is 0.291 e. The van der Waals surface area contributed by atoms with Crippen LogP contribution in [0.2, 0.25) is 0 Å². The molecule has 1 aromatic heterocycles. The van der Waals surface area contributed by atoms with E-state index in [1.165, 1.54) is 55.7 Å². The molecule has 0 fully saturated rings. The number of furan rings is 1. The Hall–Kier alpha value is -4.53. The zero-order chi connectivity index (χ0) is 22.4. The molecule has 9 nitrogen and oxygen atoms in total. The van der Waals surface area contributed by atoms with Crippen molar-refractivity contribution in [1.29, 1.82) is 0 Å². The Morgan fingerprint density at radius 1 is 1.00 bits per heavy atom. The quantitative estimate of drug-likeness (QED) is 0.259. The van der Waals surface area contributed by atoms with Crippen molar-refractivity contribution >= 4 is 35.0 Å². The molecule has 0 aliphatic carbocycles. The van der Waals surface area contributed by atoms with E-state index in [0.29, 0.717) is 16.8 Å². The van der Waals surface area contributed by atoms with Crippen molar-refractivity contribution in [2.75, 3.05) is 5.32 Å². The van der Waals surface area contributed by atoms with Crippen LogP contribution >= 0.6 is 0 Å². The average molecular weight is 419 g/mol. The van der Waals surface area contributed by atoms with Crippen molar-refractivity contribution < 1.29 is 23.7 Å². The van der Waals surface area contributed by atoms with Crippen molar-refractivity contribution in [2.45, 2.75) is 6.92 Å². The first kappa shape index (κ1) is 21.2. The fourth-order valence-corrected chi connectivity index (χ4v) is 2.60. The second kappa shape index (κ2) is 9.31. The van der Waals surface area contributed by atoms with E-state index in [0.717, 1.165) is 0 Å². The lowest BCUT2D eigenvalue weighted by Gasteiger charge is -2.11. The molecule has 0 radical (unpaired) electrons. The van der Waals surface area contributed by atoms with E-state index in [4.69, 9.17) is 4.42 Å². The summed E-state index contributed by atoms with van der Waals surface area (Å²) in [7, 11) is 0. The molecule has 0 aliphatic rings. The number of nitro groups is 1. The van der Waals surface area contributed by atoms with Gasteiger partial charge >= 0.3 is 0 Å². The van der Waals surface area contributed by atoms with Crippen molar-refractivity contribution in [1.82, 2.24) is 5.32 Å². The number of nitrogens with zero attached hydrogens (tertiary/aromatic N) is 1. The number of benzene rings is 2. The maximum atomic E-state index is 12.8. The Balaban J connectivity index is 1.86. The van der Waals surface area contributed by atoms with Gasteiger partial charge in [0.15, 0.2) is 11.5 Å². The van der Waals surface area contributed by atoms with Crippen LogP contribution in [-0.2, 0) is 4.79 Å². The summed E-state index contributed by atoms with van der Waals surface area (Å²) in [5.74, 6) is -1.37. The van der Waals surface area contributed by atoms with Gasteiger partial charge in [0.2, 0.25) is 0 Å². The van der Waals surface area contributed by atoms with Crippen LogP contribution in [0.1, 0.15) is 33.4 Å². The molecular weight excluding hydrogens is 402 g/mol. The number of ketones is 1. The Kier molecular flexibility index (Phi) is 6.36. The Bertz CT molecular complexity index is 1150. The highest BCUT2D eigenvalue weighted by Gasteiger charge is 2.17. The van der Waals surface area contributed by atoms with Crippen LogP contribution < -0.4 is 10.6 Å². The molecule has 0 atom stereocenters. The third-order valence-electron chi connectivity index (χ3n) is 4.20. The highest BCUT2D eigenvalue weighted by atomic mass is 16.6. The van der Waals surface area contributed by atoms with Gasteiger partial charge in [0, 0.05) is 23.4 Å². The molecule has 156 valence electrons. The molecule has 0 aliphatic heterocycles. The number of amides is 2. The molecule has 3 rings (SSSR count). The third kappa shape index (κ3) is 5.51. The summed E-state index contributed by atoms with van der Waals surface area (Å²) in [5, 5.41) is 15.9. The number of nitrogens with one attached hydrogen (secondary N) is 2. The number of carbonyl (C=O) groups is 3. The van der Waals surface area contributed by atoms with Gasteiger partial charge in [-0.2, -0.15) is 0 Å². The van der Waals surface area contributed by atoms with Gasteiger partial charge in [-0.05, 0) is 67.1 Å². The summed E-state index contributed by atoms with van der Waals surface area (Å²) in [4.78, 5) is 46.9. The highest BCUT2D eigenvalue weighted by molar-refractivity contribution is 6.10. The predicted octanol–water partition coefficient (Wildman–Crippen LogP) is 3.80. The number of hydrogen-bond donors (Lipinski definition) is 2. The zero-order valence-electron chi connectivity index (χ0n) is 16.3. The van der Waals surface area contributed by atoms with Crippen LogP contribution in [0.4, 0.5) is 11.4 Å². The first-order valence-corrected chi connectivity index (χ1v) is 9.07. The van der Waals surface area contributed by atoms with Crippen LogP contribution in [0.5, 0.6) is 0 Å². The standard InChI is InChI=1S/C22H17N3O6/c1-14(26)16-6-8-17(9-7-16)23-21(27)19(24-22(28)20-3-2-12-31-20)13-15-4-10-18(11-5-15)25(29)30/h2-13H,1H3,(H,23,27)(H,24,28)/b19-13+. The van der Waals surface area contributed by atoms with Crippen LogP contribution in [0.25, 0.3) is 6.08 Å². The first-order chi connectivity index (χ1) is 14.8. The summed E-state index contributed by atoms with van der Waals surface area (Å²) < 4.78 is 5.04. The van der Waals surface area contributed by atoms with E-state index >= 15 is 0 Å². The Morgan fingerprint density at radius 3 is 2.23 bits per heavy atom. The third-order valence-corrected chi connectivity index (χ3v) is 4.20. The van der Waals surface area contributed by atoms with Crippen LogP contribution in [0.3, 0.4) is 0 Å². The zero-order valence-corrected chi connectivity index (χ0v) is 16.3. The topological polar surface area (TPSA) is 132 Å². The van der Waals surface area contributed by atoms with Crippen LogP contribution in [0, 0.1) is 10.1 Å². The summed E-state index contributed by atoms with van der Waals surface area (Å²) >= 11 is 0. The summed E-state index contributed by atoms with van der Waals surface area (Å²) in [6.45, 7) is 1.43. The van der Waals surface area contributed by atoms with Gasteiger partial charge in [0.25, 0.3) is 17.5 Å². The van der Waals surface area contributed by atoms with E-state index in [9.17, 15) is 24.5 Å². The first-order valence-electron chi connectivity index (χ1n) is 9.07. The summed E-state index contributed by atoms with van der Waals surface area (Å²) in [6, 6.07) is 14.7. The van der Waals surface area contributed by atoms with Gasteiger partial charge in [-0.25, -0.2) is 0 Å². The average Bonchev–Trinajstić information content (AvgIpc) is 3.29. The van der Waals surface area contributed by atoms with E-state index in [1.807, 2.05) is 0 Å².